The molecule has 0 aliphatic heterocycles. The topological polar surface area (TPSA) is 26.3 Å². The van der Waals surface area contributed by atoms with Crippen LogP contribution in [-0.2, 0) is 9.53 Å². The molecule has 0 N–H and O–H groups in total. The second kappa shape index (κ2) is 5.28. The molecular weight excluding hydrogens is 138 g/mol. The van der Waals surface area contributed by atoms with Gasteiger partial charge in [-0.25, -0.2) is 0 Å². The maximum atomic E-state index is 10.9. The minimum absolute atomic E-state index is 0.123. The zero-order valence-electron chi connectivity index (χ0n) is 7.63. The summed E-state index contributed by atoms with van der Waals surface area (Å²) in [6, 6.07) is 0. The van der Waals surface area contributed by atoms with Gasteiger partial charge in [0.15, 0.2) is 0 Å². The van der Waals surface area contributed by atoms with Gasteiger partial charge in [0, 0.05) is 5.82 Å². The molecule has 2 nitrogen and oxygen atoms in total. The first-order chi connectivity index (χ1) is 5.07. The fraction of sp³-hybridized carbons (Fsp3) is 0.857. The zero-order valence-corrected chi connectivity index (χ0v) is 7.63. The van der Waals surface area contributed by atoms with Gasteiger partial charge < -0.3 is 4.74 Å². The van der Waals surface area contributed by atoms with Crippen molar-refractivity contribution in [3.63, 3.8) is 0 Å². The van der Waals surface area contributed by atoms with E-state index in [4.69, 9.17) is 0 Å². The first kappa shape index (κ1) is 10.6. The summed E-state index contributed by atoms with van der Waals surface area (Å²) in [6.45, 7) is 5.96. The van der Waals surface area contributed by atoms with Gasteiger partial charge >= 0.3 is 0 Å². The van der Waals surface area contributed by atoms with Gasteiger partial charge in [-0.15, -0.1) is 0 Å². The maximum Gasteiger partial charge on any atom is 0.299 e. The Morgan fingerprint density at radius 1 is 1.27 bits per heavy atom. The minimum atomic E-state index is -0.179. The van der Waals surface area contributed by atoms with E-state index in [0.29, 0.717) is 5.82 Å². The van der Waals surface area contributed by atoms with E-state index in [0.717, 1.165) is 0 Å². The van der Waals surface area contributed by atoms with E-state index in [2.05, 4.69) is 18.6 Å². The average molecular weight is 152 g/mol. The van der Waals surface area contributed by atoms with Gasteiger partial charge in [-0.2, -0.15) is 0 Å². The Balaban J connectivity index is 3.52. The highest BCUT2D eigenvalue weighted by Gasteiger charge is 2.14. The minimum Gasteiger partial charge on any atom is -0.469 e. The van der Waals surface area contributed by atoms with Crippen molar-refractivity contribution in [1.82, 2.24) is 0 Å². The molecule has 60 valence electrons. The van der Waals surface area contributed by atoms with E-state index < -0.39 is 0 Å². The second-order valence-electron chi connectivity index (χ2n) is 2.94. The van der Waals surface area contributed by atoms with Crippen molar-refractivity contribution in [1.29, 1.82) is 0 Å². The van der Waals surface area contributed by atoms with Crippen LogP contribution in [0.4, 0.5) is 0 Å². The summed E-state index contributed by atoms with van der Waals surface area (Å²) in [4.78, 5) is 10.9. The smallest absolute Gasteiger partial charge is 0.299 e. The molecule has 11 heavy (non-hydrogen) atoms. The molecule has 0 bridgehead atoms. The average Bonchev–Trinajstić information content (AvgIpc) is 1.98. The summed E-state index contributed by atoms with van der Waals surface area (Å²) in [5, 5.41) is 0. The lowest BCUT2D eigenvalue weighted by Crippen LogP contribution is -2.20. The Morgan fingerprint density at radius 3 is 2.18 bits per heavy atom. The largest absolute Gasteiger partial charge is 0.469 e. The van der Waals surface area contributed by atoms with Crippen LogP contribution in [0.1, 0.15) is 20.8 Å². The first-order valence-corrected chi connectivity index (χ1v) is 3.84. The highest BCUT2D eigenvalue weighted by molar-refractivity contribution is 7.03. The Bertz CT molecular complexity index is 126. The quantitative estimate of drug-likeness (QED) is 0.445. The van der Waals surface area contributed by atoms with Crippen LogP contribution in [0.5, 0.6) is 0 Å². The maximum absolute atomic E-state index is 10.9. The molecule has 4 heteroatoms. The fourth-order valence-electron chi connectivity index (χ4n) is 0.653. The van der Waals surface area contributed by atoms with Crippen LogP contribution in [0.25, 0.3) is 0 Å². The first-order valence-electron chi connectivity index (χ1n) is 3.84. The lowest BCUT2D eigenvalue weighted by Gasteiger charge is -2.07. The van der Waals surface area contributed by atoms with Gasteiger partial charge in [0.05, 0.1) is 21.5 Å². The van der Waals surface area contributed by atoms with Gasteiger partial charge in [0.25, 0.3) is 5.97 Å². The third-order valence-electron chi connectivity index (χ3n) is 1.36. The number of hydrogen-bond acceptors (Lipinski definition) is 2. The molecule has 0 saturated carbocycles. The van der Waals surface area contributed by atoms with Crippen molar-refractivity contribution >= 4 is 20.3 Å². The van der Waals surface area contributed by atoms with Crippen molar-refractivity contribution in [2.45, 2.75) is 32.4 Å². The summed E-state index contributed by atoms with van der Waals surface area (Å²) >= 11 is 0. The third-order valence-corrected chi connectivity index (χ3v) is 1.36. The molecule has 1 unspecified atom stereocenters. The summed E-state index contributed by atoms with van der Waals surface area (Å²) in [7, 11) is 5.28. The van der Waals surface area contributed by atoms with Gasteiger partial charge in [0.1, 0.15) is 0 Å². The van der Waals surface area contributed by atoms with E-state index in [9.17, 15) is 4.79 Å². The molecular formula is C7H14B2O2. The fourth-order valence-corrected chi connectivity index (χ4v) is 0.653. The van der Waals surface area contributed by atoms with Gasteiger partial charge in [-0.05, 0) is 0 Å². The highest BCUT2D eigenvalue weighted by atomic mass is 16.5. The Kier molecular flexibility index (Phi) is 5.08. The summed E-state index contributed by atoms with van der Waals surface area (Å²) in [5.41, 5.74) is 0. The van der Waals surface area contributed by atoms with Gasteiger partial charge in [-0.3, -0.25) is 4.79 Å². The van der Waals surface area contributed by atoms with Crippen molar-refractivity contribution in [3.8, 4) is 0 Å². The van der Waals surface area contributed by atoms with Crippen LogP contribution in [0, 0.1) is 0 Å². The number of hydrogen-bond donors (Lipinski definition) is 0. The number of esters is 1. The predicted octanol–water partition coefficient (Wildman–Crippen LogP) is 1.12. The van der Waals surface area contributed by atoms with Crippen LogP contribution in [0.2, 0.25) is 11.6 Å². The summed E-state index contributed by atoms with van der Waals surface area (Å²) < 4.78 is 4.55. The normalized spacial score (nSPS) is 12.5. The van der Waals surface area contributed by atoms with E-state index in [1.165, 1.54) is 7.11 Å². The summed E-state index contributed by atoms with van der Waals surface area (Å²) in [6.07, 6.45) is 0. The van der Waals surface area contributed by atoms with E-state index in [-0.39, 0.29) is 11.8 Å². The lowest BCUT2D eigenvalue weighted by molar-refractivity contribution is -0.140. The van der Waals surface area contributed by atoms with Gasteiger partial charge in [-0.1, -0.05) is 26.6 Å². The highest BCUT2D eigenvalue weighted by Crippen LogP contribution is 2.05. The van der Waals surface area contributed by atoms with Crippen LogP contribution >= 0.6 is 0 Å². The lowest BCUT2D eigenvalue weighted by atomic mass is 9.30. The van der Waals surface area contributed by atoms with E-state index in [1.54, 1.807) is 0 Å². The molecule has 0 aromatic heterocycles. The van der Waals surface area contributed by atoms with Crippen molar-refractivity contribution in [2.75, 3.05) is 7.11 Å². The molecule has 0 fully saturated rings. The standard InChI is InChI=1S/C7H14B2O2/c1-5(2)8-9-6(3)7(10)11-4/h5-6H,1-4H3. The molecule has 0 aliphatic rings. The van der Waals surface area contributed by atoms with Gasteiger partial charge in [0.2, 0.25) is 0 Å². The molecule has 1 atom stereocenters. The Hall–Kier alpha value is -0.400. The third kappa shape index (κ3) is 4.93. The number of carbonyl (C=O) groups is 1. The van der Waals surface area contributed by atoms with Crippen LogP contribution in [0.15, 0.2) is 0 Å². The molecule has 0 saturated heterocycles. The monoisotopic (exact) mass is 152 g/mol. The number of methoxy groups -OCH3 is 1. The molecule has 0 spiro atoms. The molecule has 0 aromatic carbocycles. The summed E-state index contributed by atoms with van der Waals surface area (Å²) in [5.74, 6) is 0.186. The Morgan fingerprint density at radius 2 is 1.82 bits per heavy atom. The molecule has 2 radical (unpaired) electrons. The molecule has 0 rings (SSSR count). The van der Waals surface area contributed by atoms with E-state index >= 15 is 0 Å². The Labute approximate surface area is 70.2 Å². The van der Waals surface area contributed by atoms with Crippen molar-refractivity contribution < 1.29 is 9.53 Å². The molecule has 0 aromatic rings. The number of ether oxygens (including phenoxy) is 1. The molecule has 0 aliphatic carbocycles. The zero-order chi connectivity index (χ0) is 8.85. The predicted molar refractivity (Wildman–Crippen MR) is 48.0 cm³/mol. The number of carbonyl (C=O) groups excluding carboxylic acids is 1. The molecule has 0 heterocycles. The van der Waals surface area contributed by atoms with Crippen molar-refractivity contribution in [2.24, 2.45) is 0 Å². The van der Waals surface area contributed by atoms with Crippen LogP contribution in [-0.4, -0.2) is 27.4 Å². The second-order valence-corrected chi connectivity index (χ2v) is 2.94. The SMILES string of the molecule is COC(=O)C(C)[B][B]C(C)C. The van der Waals surface area contributed by atoms with Crippen LogP contribution < -0.4 is 0 Å². The van der Waals surface area contributed by atoms with E-state index in [1.807, 2.05) is 21.3 Å². The van der Waals surface area contributed by atoms with Crippen LogP contribution in [0.3, 0.4) is 0 Å². The number of rotatable bonds is 4. The van der Waals surface area contributed by atoms with Crippen molar-refractivity contribution in [3.05, 3.63) is 0 Å². The molecule has 0 amide bonds.